The molecule has 0 aromatic heterocycles. The lowest BCUT2D eigenvalue weighted by molar-refractivity contribution is 0.0953. The van der Waals surface area contributed by atoms with Crippen LogP contribution in [0.25, 0.3) is 0 Å². The molecular formula is C12H12FNO. The fourth-order valence-electron chi connectivity index (χ4n) is 1.18. The Morgan fingerprint density at radius 2 is 2.33 bits per heavy atom. The molecular weight excluding hydrogens is 193 g/mol. The predicted octanol–water partition coefficient (Wildman–Crippen LogP) is 1.89. The van der Waals surface area contributed by atoms with E-state index in [0.717, 1.165) is 5.56 Å². The largest absolute Gasteiger partial charge is 0.351 e. The van der Waals surface area contributed by atoms with Crippen LogP contribution in [0, 0.1) is 25.1 Å². The van der Waals surface area contributed by atoms with Crippen LogP contribution in [0.4, 0.5) is 4.39 Å². The molecule has 0 saturated heterocycles. The number of rotatable bonds is 3. The highest BCUT2D eigenvalue weighted by atomic mass is 19.1. The lowest BCUT2D eigenvalue weighted by atomic mass is 10.1. The number of hydrogen-bond acceptors (Lipinski definition) is 1. The summed E-state index contributed by atoms with van der Waals surface area (Å²) in [5.41, 5.74) is 1.10. The van der Waals surface area contributed by atoms with Gasteiger partial charge in [-0.15, -0.1) is 12.3 Å². The van der Waals surface area contributed by atoms with Crippen LogP contribution < -0.4 is 5.32 Å². The maximum atomic E-state index is 12.9. The van der Waals surface area contributed by atoms with E-state index in [2.05, 4.69) is 11.2 Å². The van der Waals surface area contributed by atoms with E-state index in [-0.39, 0.29) is 5.91 Å². The van der Waals surface area contributed by atoms with E-state index < -0.39 is 5.82 Å². The van der Waals surface area contributed by atoms with Crippen LogP contribution in [0.3, 0.4) is 0 Å². The van der Waals surface area contributed by atoms with E-state index in [0.29, 0.717) is 18.5 Å². The Kier molecular flexibility index (Phi) is 3.87. The second kappa shape index (κ2) is 5.16. The minimum Gasteiger partial charge on any atom is -0.351 e. The molecule has 0 radical (unpaired) electrons. The lowest BCUT2D eigenvalue weighted by Crippen LogP contribution is -2.25. The highest BCUT2D eigenvalue weighted by Crippen LogP contribution is 2.09. The molecule has 0 unspecified atom stereocenters. The van der Waals surface area contributed by atoms with Gasteiger partial charge in [0.25, 0.3) is 5.91 Å². The summed E-state index contributed by atoms with van der Waals surface area (Å²) < 4.78 is 12.9. The van der Waals surface area contributed by atoms with Crippen molar-refractivity contribution >= 4 is 5.91 Å². The molecule has 0 atom stereocenters. The first kappa shape index (κ1) is 11.3. The summed E-state index contributed by atoms with van der Waals surface area (Å²) in [7, 11) is 0. The molecule has 0 aliphatic rings. The molecule has 0 saturated carbocycles. The normalized spacial score (nSPS) is 9.40. The average molecular weight is 205 g/mol. The number of amides is 1. The Balaban J connectivity index is 2.73. The lowest BCUT2D eigenvalue weighted by Gasteiger charge is -2.06. The van der Waals surface area contributed by atoms with Crippen molar-refractivity contribution in [3.05, 3.63) is 35.1 Å². The fraction of sp³-hybridized carbons (Fsp3) is 0.250. The van der Waals surface area contributed by atoms with Gasteiger partial charge in [-0.2, -0.15) is 0 Å². The summed E-state index contributed by atoms with van der Waals surface area (Å²) in [6, 6.07) is 4.12. The highest BCUT2D eigenvalue weighted by Gasteiger charge is 2.08. The van der Waals surface area contributed by atoms with Gasteiger partial charge in [0.1, 0.15) is 5.82 Å². The third kappa shape index (κ3) is 3.10. The molecule has 0 bridgehead atoms. The minimum absolute atomic E-state index is 0.290. The number of terminal acetylenes is 1. The topological polar surface area (TPSA) is 29.1 Å². The van der Waals surface area contributed by atoms with Crippen molar-refractivity contribution in [2.24, 2.45) is 0 Å². The van der Waals surface area contributed by atoms with Gasteiger partial charge in [0, 0.05) is 18.5 Å². The van der Waals surface area contributed by atoms with E-state index in [1.54, 1.807) is 13.0 Å². The third-order valence-corrected chi connectivity index (χ3v) is 2.00. The quantitative estimate of drug-likeness (QED) is 0.592. The Hall–Kier alpha value is -1.82. The van der Waals surface area contributed by atoms with Gasteiger partial charge in [0.2, 0.25) is 0 Å². The summed E-state index contributed by atoms with van der Waals surface area (Å²) in [6.45, 7) is 2.17. The second-order valence-corrected chi connectivity index (χ2v) is 3.17. The van der Waals surface area contributed by atoms with Crippen molar-refractivity contribution in [2.45, 2.75) is 13.3 Å². The van der Waals surface area contributed by atoms with Gasteiger partial charge in [-0.1, -0.05) is 6.07 Å². The zero-order chi connectivity index (χ0) is 11.3. The second-order valence-electron chi connectivity index (χ2n) is 3.17. The van der Waals surface area contributed by atoms with Crippen molar-refractivity contribution in [3.8, 4) is 12.3 Å². The Labute approximate surface area is 88.5 Å². The van der Waals surface area contributed by atoms with Gasteiger partial charge in [-0.25, -0.2) is 4.39 Å². The summed E-state index contributed by atoms with van der Waals surface area (Å²) in [5, 5.41) is 2.62. The molecule has 0 heterocycles. The maximum absolute atomic E-state index is 12.9. The van der Waals surface area contributed by atoms with Crippen LogP contribution in [-0.2, 0) is 0 Å². The third-order valence-electron chi connectivity index (χ3n) is 2.00. The predicted molar refractivity (Wildman–Crippen MR) is 56.9 cm³/mol. The molecule has 0 aliphatic heterocycles. The molecule has 15 heavy (non-hydrogen) atoms. The molecule has 1 rings (SSSR count). The van der Waals surface area contributed by atoms with Crippen LogP contribution in [-0.4, -0.2) is 12.5 Å². The number of carbonyl (C=O) groups is 1. The van der Waals surface area contributed by atoms with Gasteiger partial charge >= 0.3 is 0 Å². The standard InChI is InChI=1S/C12H12FNO/c1-3-4-7-14-12(15)11-8-10(13)6-5-9(11)2/h1,5-6,8H,4,7H2,2H3,(H,14,15). The molecule has 2 nitrogen and oxygen atoms in total. The van der Waals surface area contributed by atoms with Crippen LogP contribution in [0.15, 0.2) is 18.2 Å². The van der Waals surface area contributed by atoms with Crippen molar-refractivity contribution in [1.29, 1.82) is 0 Å². The van der Waals surface area contributed by atoms with Gasteiger partial charge in [0.15, 0.2) is 0 Å². The zero-order valence-corrected chi connectivity index (χ0v) is 8.51. The van der Waals surface area contributed by atoms with E-state index in [9.17, 15) is 9.18 Å². The average Bonchev–Trinajstić information content (AvgIpc) is 2.22. The van der Waals surface area contributed by atoms with Crippen molar-refractivity contribution in [2.75, 3.05) is 6.54 Å². The molecule has 1 N–H and O–H groups in total. The molecule has 3 heteroatoms. The van der Waals surface area contributed by atoms with Crippen LogP contribution in [0.1, 0.15) is 22.3 Å². The Morgan fingerprint density at radius 1 is 1.60 bits per heavy atom. The summed E-state index contributed by atoms with van der Waals surface area (Å²) >= 11 is 0. The monoisotopic (exact) mass is 205 g/mol. The molecule has 1 aromatic carbocycles. The Bertz CT molecular complexity index is 407. The first-order valence-electron chi connectivity index (χ1n) is 4.63. The Morgan fingerprint density at radius 3 is 3.00 bits per heavy atom. The minimum atomic E-state index is -0.414. The number of hydrogen-bond donors (Lipinski definition) is 1. The summed E-state index contributed by atoms with van der Waals surface area (Å²) in [6.07, 6.45) is 5.52. The van der Waals surface area contributed by atoms with Crippen LogP contribution >= 0.6 is 0 Å². The van der Waals surface area contributed by atoms with Gasteiger partial charge in [-0.05, 0) is 24.6 Å². The smallest absolute Gasteiger partial charge is 0.251 e. The van der Waals surface area contributed by atoms with E-state index in [4.69, 9.17) is 6.42 Å². The number of halogens is 1. The summed E-state index contributed by atoms with van der Waals surface area (Å²) in [4.78, 5) is 11.5. The number of aryl methyl sites for hydroxylation is 1. The van der Waals surface area contributed by atoms with Crippen molar-refractivity contribution in [1.82, 2.24) is 5.32 Å². The molecule has 78 valence electrons. The fourth-order valence-corrected chi connectivity index (χ4v) is 1.18. The first-order valence-corrected chi connectivity index (χ1v) is 4.63. The molecule has 1 aromatic rings. The number of benzene rings is 1. The zero-order valence-electron chi connectivity index (χ0n) is 8.51. The number of carbonyl (C=O) groups excluding carboxylic acids is 1. The summed E-state index contributed by atoms with van der Waals surface area (Å²) in [5.74, 6) is 1.71. The van der Waals surface area contributed by atoms with E-state index >= 15 is 0 Å². The maximum Gasteiger partial charge on any atom is 0.251 e. The van der Waals surface area contributed by atoms with Gasteiger partial charge in [-0.3, -0.25) is 4.79 Å². The van der Waals surface area contributed by atoms with Gasteiger partial charge in [0.05, 0.1) is 0 Å². The van der Waals surface area contributed by atoms with Crippen LogP contribution in [0.2, 0.25) is 0 Å². The molecule has 0 aliphatic carbocycles. The molecule has 1 amide bonds. The van der Waals surface area contributed by atoms with Crippen molar-refractivity contribution in [3.63, 3.8) is 0 Å². The SMILES string of the molecule is C#CCCNC(=O)c1cc(F)ccc1C. The number of nitrogens with one attached hydrogen (secondary N) is 1. The molecule has 0 spiro atoms. The van der Waals surface area contributed by atoms with Gasteiger partial charge < -0.3 is 5.32 Å². The highest BCUT2D eigenvalue weighted by molar-refractivity contribution is 5.95. The molecule has 0 fully saturated rings. The van der Waals surface area contributed by atoms with Crippen LogP contribution in [0.5, 0.6) is 0 Å². The first-order chi connectivity index (χ1) is 7.15. The van der Waals surface area contributed by atoms with Crippen molar-refractivity contribution < 1.29 is 9.18 Å². The van der Waals surface area contributed by atoms with E-state index in [1.165, 1.54) is 12.1 Å². The van der Waals surface area contributed by atoms with E-state index in [1.807, 2.05) is 0 Å².